The molecule has 0 aliphatic carbocycles. The fourth-order valence-electron chi connectivity index (χ4n) is 1.75. The molecule has 21 heavy (non-hydrogen) atoms. The topological polar surface area (TPSA) is 129 Å². The van der Waals surface area contributed by atoms with Gasteiger partial charge in [0.1, 0.15) is 12.0 Å². The molecule has 0 aliphatic heterocycles. The number of nitro benzene ring substituents is 1. The van der Waals surface area contributed by atoms with Crippen molar-refractivity contribution in [1.82, 2.24) is 20.1 Å². The molecule has 1 amide bonds. The van der Waals surface area contributed by atoms with E-state index in [1.165, 1.54) is 18.2 Å². The minimum absolute atomic E-state index is 0.0426. The van der Waals surface area contributed by atoms with Crippen LogP contribution in [0.3, 0.4) is 0 Å². The summed E-state index contributed by atoms with van der Waals surface area (Å²) in [5.74, 6) is 0.272. The Morgan fingerprint density at radius 2 is 2.29 bits per heavy atom. The van der Waals surface area contributed by atoms with E-state index in [-0.39, 0.29) is 22.8 Å². The second kappa shape index (κ2) is 5.99. The molecule has 0 atom stereocenters. The van der Waals surface area contributed by atoms with Crippen molar-refractivity contribution in [2.75, 3.05) is 12.3 Å². The number of nitro groups is 1. The number of carbonyl (C=O) groups is 1. The molecule has 1 aromatic carbocycles. The number of aryl methyl sites for hydroxylation is 1. The average molecular weight is 290 g/mol. The summed E-state index contributed by atoms with van der Waals surface area (Å²) in [5, 5.41) is 17.4. The van der Waals surface area contributed by atoms with Gasteiger partial charge < -0.3 is 11.1 Å². The van der Waals surface area contributed by atoms with Gasteiger partial charge in [0.05, 0.1) is 4.92 Å². The Kier molecular flexibility index (Phi) is 4.12. The molecule has 0 spiro atoms. The van der Waals surface area contributed by atoms with E-state index in [1.54, 1.807) is 18.1 Å². The Hall–Kier alpha value is -2.97. The molecule has 0 saturated carbocycles. The van der Waals surface area contributed by atoms with Crippen molar-refractivity contribution in [2.24, 2.45) is 7.05 Å². The molecule has 9 heteroatoms. The molecule has 2 rings (SSSR count). The molecule has 0 radical (unpaired) electrons. The number of nitrogens with one attached hydrogen (secondary N) is 1. The Bertz CT molecular complexity index is 681. The van der Waals surface area contributed by atoms with Crippen molar-refractivity contribution in [2.45, 2.75) is 6.42 Å². The van der Waals surface area contributed by atoms with Gasteiger partial charge in [0.2, 0.25) is 0 Å². The summed E-state index contributed by atoms with van der Waals surface area (Å²) in [6.45, 7) is 0.361. The van der Waals surface area contributed by atoms with Gasteiger partial charge in [-0.15, -0.1) is 0 Å². The Labute approximate surface area is 119 Å². The van der Waals surface area contributed by atoms with Crippen molar-refractivity contribution >= 4 is 17.3 Å². The summed E-state index contributed by atoms with van der Waals surface area (Å²) in [4.78, 5) is 26.0. The molecule has 3 N–H and O–H groups in total. The van der Waals surface area contributed by atoms with Gasteiger partial charge in [-0.3, -0.25) is 19.6 Å². The third kappa shape index (κ3) is 3.53. The van der Waals surface area contributed by atoms with Gasteiger partial charge in [-0.1, -0.05) is 0 Å². The predicted molar refractivity (Wildman–Crippen MR) is 74.5 cm³/mol. The molecule has 9 nitrogen and oxygen atoms in total. The van der Waals surface area contributed by atoms with E-state index in [0.29, 0.717) is 18.8 Å². The van der Waals surface area contributed by atoms with Crippen LogP contribution in [-0.4, -0.2) is 32.1 Å². The van der Waals surface area contributed by atoms with Crippen LogP contribution in [0.4, 0.5) is 11.4 Å². The number of carbonyl (C=O) groups excluding carboxylic acids is 1. The van der Waals surface area contributed by atoms with Gasteiger partial charge in [0, 0.05) is 31.6 Å². The SMILES string of the molecule is Cn1cnc(CCNC(=O)c2ccc([N+](=O)[O-])c(N)c2)n1. The van der Waals surface area contributed by atoms with E-state index < -0.39 is 4.92 Å². The van der Waals surface area contributed by atoms with E-state index in [2.05, 4.69) is 15.4 Å². The molecule has 0 aliphatic rings. The lowest BCUT2D eigenvalue weighted by molar-refractivity contribution is -0.383. The number of hydrogen-bond donors (Lipinski definition) is 2. The summed E-state index contributed by atoms with van der Waals surface area (Å²) in [6, 6.07) is 3.86. The van der Waals surface area contributed by atoms with Crippen LogP contribution in [0.25, 0.3) is 0 Å². The van der Waals surface area contributed by atoms with Crippen LogP contribution in [0.2, 0.25) is 0 Å². The number of nitrogen functional groups attached to an aromatic ring is 1. The normalized spacial score (nSPS) is 10.3. The maximum Gasteiger partial charge on any atom is 0.292 e. The maximum absolute atomic E-state index is 11.9. The standard InChI is InChI=1S/C12H14N6O3/c1-17-7-15-11(16-17)4-5-14-12(19)8-2-3-10(18(20)21)9(13)6-8/h2-3,6-7H,4-5,13H2,1H3,(H,14,19). The van der Waals surface area contributed by atoms with Crippen molar-refractivity contribution in [1.29, 1.82) is 0 Å². The summed E-state index contributed by atoms with van der Waals surface area (Å²) in [7, 11) is 1.76. The highest BCUT2D eigenvalue weighted by atomic mass is 16.6. The zero-order valence-electron chi connectivity index (χ0n) is 11.3. The molecule has 0 unspecified atom stereocenters. The van der Waals surface area contributed by atoms with E-state index in [4.69, 9.17) is 5.73 Å². The number of amides is 1. The first-order valence-electron chi connectivity index (χ1n) is 6.14. The number of benzene rings is 1. The molecule has 0 saturated heterocycles. The van der Waals surface area contributed by atoms with Crippen molar-refractivity contribution < 1.29 is 9.72 Å². The molecular weight excluding hydrogens is 276 g/mol. The molecule has 2 aromatic rings. The fraction of sp³-hybridized carbons (Fsp3) is 0.250. The quantitative estimate of drug-likeness (QED) is 0.462. The summed E-state index contributed by atoms with van der Waals surface area (Å²) in [5.41, 5.74) is 5.55. The van der Waals surface area contributed by atoms with Crippen LogP contribution in [0, 0.1) is 10.1 Å². The zero-order valence-corrected chi connectivity index (χ0v) is 11.3. The first-order chi connectivity index (χ1) is 9.97. The number of rotatable bonds is 5. The molecule has 1 heterocycles. The summed E-state index contributed by atoms with van der Waals surface area (Å²) < 4.78 is 1.58. The molecule has 110 valence electrons. The minimum atomic E-state index is -0.593. The number of hydrogen-bond acceptors (Lipinski definition) is 6. The average Bonchev–Trinajstić information content (AvgIpc) is 2.83. The highest BCUT2D eigenvalue weighted by Gasteiger charge is 2.14. The first kappa shape index (κ1) is 14.4. The second-order valence-corrected chi connectivity index (χ2v) is 4.37. The first-order valence-corrected chi connectivity index (χ1v) is 6.14. The summed E-state index contributed by atoms with van der Waals surface area (Å²) in [6.07, 6.45) is 2.07. The van der Waals surface area contributed by atoms with Gasteiger partial charge >= 0.3 is 0 Å². The lowest BCUT2D eigenvalue weighted by Gasteiger charge is -2.05. The van der Waals surface area contributed by atoms with Gasteiger partial charge in [-0.2, -0.15) is 5.10 Å². The molecule has 1 aromatic heterocycles. The van der Waals surface area contributed by atoms with Crippen LogP contribution in [0.15, 0.2) is 24.5 Å². The van der Waals surface area contributed by atoms with Crippen LogP contribution >= 0.6 is 0 Å². The smallest absolute Gasteiger partial charge is 0.292 e. The van der Waals surface area contributed by atoms with E-state index in [9.17, 15) is 14.9 Å². The number of nitrogens with two attached hydrogens (primary N) is 1. The highest BCUT2D eigenvalue weighted by molar-refractivity contribution is 5.95. The monoisotopic (exact) mass is 290 g/mol. The molecule has 0 fully saturated rings. The highest BCUT2D eigenvalue weighted by Crippen LogP contribution is 2.21. The van der Waals surface area contributed by atoms with Gasteiger partial charge in [0.25, 0.3) is 11.6 Å². The van der Waals surface area contributed by atoms with Gasteiger partial charge in [0.15, 0.2) is 5.82 Å². The Morgan fingerprint density at radius 3 is 2.86 bits per heavy atom. The van der Waals surface area contributed by atoms with Crippen LogP contribution in [-0.2, 0) is 13.5 Å². The van der Waals surface area contributed by atoms with Crippen molar-refractivity contribution in [3.63, 3.8) is 0 Å². The van der Waals surface area contributed by atoms with Crippen LogP contribution in [0.5, 0.6) is 0 Å². The van der Waals surface area contributed by atoms with Crippen LogP contribution in [0.1, 0.15) is 16.2 Å². The van der Waals surface area contributed by atoms with Crippen LogP contribution < -0.4 is 11.1 Å². The lowest BCUT2D eigenvalue weighted by Crippen LogP contribution is -2.26. The third-order valence-electron chi connectivity index (χ3n) is 2.77. The minimum Gasteiger partial charge on any atom is -0.393 e. The largest absolute Gasteiger partial charge is 0.393 e. The van der Waals surface area contributed by atoms with Crippen molar-refractivity contribution in [3.8, 4) is 0 Å². The zero-order chi connectivity index (χ0) is 15.4. The predicted octanol–water partition coefficient (Wildman–Crippen LogP) is 0.278. The maximum atomic E-state index is 11.9. The number of anilines is 1. The number of aromatic nitrogens is 3. The molecule has 0 bridgehead atoms. The Balaban J connectivity index is 1.94. The van der Waals surface area contributed by atoms with E-state index in [0.717, 1.165) is 0 Å². The second-order valence-electron chi connectivity index (χ2n) is 4.37. The van der Waals surface area contributed by atoms with Crippen molar-refractivity contribution in [3.05, 3.63) is 46.0 Å². The van der Waals surface area contributed by atoms with E-state index >= 15 is 0 Å². The molecular formula is C12H14N6O3. The van der Waals surface area contributed by atoms with Gasteiger partial charge in [-0.25, -0.2) is 4.98 Å². The van der Waals surface area contributed by atoms with Gasteiger partial charge in [-0.05, 0) is 12.1 Å². The Morgan fingerprint density at radius 1 is 1.52 bits per heavy atom. The fourth-order valence-corrected chi connectivity index (χ4v) is 1.75. The third-order valence-corrected chi connectivity index (χ3v) is 2.77. The van der Waals surface area contributed by atoms with E-state index in [1.807, 2.05) is 0 Å². The number of nitrogens with zero attached hydrogens (tertiary/aromatic N) is 4. The summed E-state index contributed by atoms with van der Waals surface area (Å²) >= 11 is 0. The lowest BCUT2D eigenvalue weighted by atomic mass is 10.1.